The Morgan fingerprint density at radius 1 is 1.05 bits per heavy atom. The Morgan fingerprint density at radius 2 is 1.88 bits per heavy atom. The maximum Gasteiger partial charge on any atom is 0.255 e. The lowest BCUT2D eigenvalue weighted by Crippen LogP contribution is -2.61. The Balaban J connectivity index is 0.773. The Morgan fingerprint density at radius 3 is 2.66 bits per heavy atom. The minimum absolute atomic E-state index is 0.151. The number of nitrogens with zero attached hydrogens (tertiary/aromatic N) is 9. The van der Waals surface area contributed by atoms with Gasteiger partial charge in [-0.15, -0.1) is 0 Å². The number of rotatable bonds is 11. The van der Waals surface area contributed by atoms with Crippen LogP contribution in [0.3, 0.4) is 0 Å². The molecule has 7 heterocycles. The standard InChI is InChI=1S/C43H44FN11O4/c1-26(29-3-2-4-32(44)13-29)59-38-15-30(18-47-41(38)46)40-36(16-45)48-25-53(40)19-28-17-49-54(21-28)20-27-9-11-51(12-10-27)34-23-52(24-34)33-5-6-35-31(14-33)22-55(43(35)58)37-7-8-39(56)50-42(37)57/h2-6,13-15,17-18,21,25-27,34,37H,7-12,19-20,22-24H2,1H3,(H2,46,47)(H,50,56,57)/t26-,37?/m1/s1. The molecule has 3 saturated heterocycles. The summed E-state index contributed by atoms with van der Waals surface area (Å²) in [5, 5.41) is 17.0. The van der Waals surface area contributed by atoms with Crippen molar-refractivity contribution in [3.63, 3.8) is 0 Å². The van der Waals surface area contributed by atoms with Crippen LogP contribution < -0.4 is 20.7 Å². The number of benzene rings is 2. The van der Waals surface area contributed by atoms with E-state index in [9.17, 15) is 24.0 Å². The summed E-state index contributed by atoms with van der Waals surface area (Å²) in [5.41, 5.74) is 11.9. The Labute approximate surface area is 340 Å². The molecule has 16 heteroatoms. The van der Waals surface area contributed by atoms with Crippen LogP contribution in [-0.4, -0.2) is 90.1 Å². The van der Waals surface area contributed by atoms with Gasteiger partial charge < -0.3 is 24.8 Å². The van der Waals surface area contributed by atoms with Crippen molar-refractivity contribution in [2.24, 2.45) is 5.92 Å². The molecule has 3 N–H and O–H groups in total. The van der Waals surface area contributed by atoms with Gasteiger partial charge in [-0.05, 0) is 92.7 Å². The second-order valence-corrected chi connectivity index (χ2v) is 16.0. The second kappa shape index (κ2) is 15.6. The van der Waals surface area contributed by atoms with E-state index in [1.54, 1.807) is 42.5 Å². The van der Waals surface area contributed by atoms with Gasteiger partial charge in [0, 0.05) is 73.4 Å². The van der Waals surface area contributed by atoms with E-state index >= 15 is 0 Å². The number of carbonyl (C=O) groups excluding carboxylic acids is 3. The number of nitrogen functional groups attached to an aromatic ring is 1. The third-order valence-electron chi connectivity index (χ3n) is 12.1. The number of ether oxygens (including phenoxy) is 1. The van der Waals surface area contributed by atoms with Crippen LogP contribution in [0.15, 0.2) is 73.4 Å². The highest BCUT2D eigenvalue weighted by Crippen LogP contribution is 2.35. The Hall–Kier alpha value is -6.60. The van der Waals surface area contributed by atoms with Crippen LogP contribution in [0, 0.1) is 23.1 Å². The number of aromatic nitrogens is 5. The van der Waals surface area contributed by atoms with E-state index < -0.39 is 18.1 Å². The average molecular weight is 798 g/mol. The number of anilines is 2. The van der Waals surface area contributed by atoms with Gasteiger partial charge in [-0.2, -0.15) is 10.4 Å². The van der Waals surface area contributed by atoms with Crippen molar-refractivity contribution < 1.29 is 23.5 Å². The zero-order valence-electron chi connectivity index (χ0n) is 32.6. The van der Waals surface area contributed by atoms with Gasteiger partial charge in [-0.25, -0.2) is 14.4 Å². The van der Waals surface area contributed by atoms with Crippen LogP contribution in [0.25, 0.3) is 11.3 Å². The number of nitriles is 1. The fourth-order valence-electron chi connectivity index (χ4n) is 8.79. The van der Waals surface area contributed by atoms with Crippen molar-refractivity contribution in [3.8, 4) is 23.1 Å². The highest BCUT2D eigenvalue weighted by atomic mass is 19.1. The highest BCUT2D eigenvalue weighted by Gasteiger charge is 2.40. The number of nitrogens with one attached hydrogen (secondary N) is 1. The number of likely N-dealkylation sites (tertiary alicyclic amines) is 1. The quantitative estimate of drug-likeness (QED) is 0.182. The molecular weight excluding hydrogens is 754 g/mol. The van der Waals surface area contributed by atoms with E-state index in [2.05, 4.69) is 48.5 Å². The van der Waals surface area contributed by atoms with Crippen LogP contribution in [0.5, 0.6) is 5.75 Å². The normalized spacial score (nSPS) is 19.3. The highest BCUT2D eigenvalue weighted by molar-refractivity contribution is 6.05. The Bertz CT molecular complexity index is 2480. The van der Waals surface area contributed by atoms with E-state index in [1.165, 1.54) is 12.1 Å². The first-order chi connectivity index (χ1) is 28.6. The summed E-state index contributed by atoms with van der Waals surface area (Å²) in [6.07, 6.45) is 9.39. The van der Waals surface area contributed by atoms with Crippen molar-refractivity contribution >= 4 is 29.2 Å². The van der Waals surface area contributed by atoms with Gasteiger partial charge >= 0.3 is 0 Å². The lowest BCUT2D eigenvalue weighted by Gasteiger charge is -2.48. The molecule has 0 bridgehead atoms. The van der Waals surface area contributed by atoms with Crippen molar-refractivity contribution in [2.45, 2.75) is 70.4 Å². The molecule has 3 amide bonds. The number of piperidine rings is 2. The van der Waals surface area contributed by atoms with Crippen molar-refractivity contribution in [1.29, 1.82) is 5.26 Å². The zero-order chi connectivity index (χ0) is 40.8. The van der Waals surface area contributed by atoms with E-state index in [0.717, 1.165) is 62.4 Å². The summed E-state index contributed by atoms with van der Waals surface area (Å²) in [4.78, 5) is 52.4. The molecule has 3 aromatic heterocycles. The topological polar surface area (TPSA) is 181 Å². The Kier molecular flexibility index (Phi) is 10.1. The molecule has 59 heavy (non-hydrogen) atoms. The minimum atomic E-state index is -0.613. The molecule has 0 spiro atoms. The predicted octanol–water partition coefficient (Wildman–Crippen LogP) is 4.28. The third kappa shape index (κ3) is 7.61. The molecule has 3 fully saturated rings. The molecule has 0 saturated carbocycles. The molecule has 2 atom stereocenters. The number of hydrogen-bond donors (Lipinski definition) is 2. The number of imidazole rings is 1. The first-order valence-corrected chi connectivity index (χ1v) is 20.0. The molecule has 15 nitrogen and oxygen atoms in total. The van der Waals surface area contributed by atoms with Crippen molar-refractivity contribution in [3.05, 3.63) is 107 Å². The van der Waals surface area contributed by atoms with Crippen LogP contribution in [0.4, 0.5) is 15.9 Å². The summed E-state index contributed by atoms with van der Waals surface area (Å²) in [5.74, 6) is -0.186. The molecule has 9 rings (SSSR count). The number of hydrogen-bond acceptors (Lipinski definition) is 11. The maximum absolute atomic E-state index is 13.9. The third-order valence-corrected chi connectivity index (χ3v) is 12.1. The molecule has 4 aliphatic heterocycles. The fourth-order valence-corrected chi connectivity index (χ4v) is 8.79. The molecule has 0 aliphatic carbocycles. The second-order valence-electron chi connectivity index (χ2n) is 16.0. The predicted molar refractivity (Wildman–Crippen MR) is 214 cm³/mol. The van der Waals surface area contributed by atoms with E-state index in [1.807, 2.05) is 27.6 Å². The molecule has 5 aromatic rings. The van der Waals surface area contributed by atoms with Gasteiger partial charge in [0.25, 0.3) is 5.91 Å². The molecular formula is C43H44FN11O4. The molecule has 302 valence electrons. The van der Waals surface area contributed by atoms with Crippen LogP contribution in [0.1, 0.15) is 71.5 Å². The van der Waals surface area contributed by atoms with E-state index in [0.29, 0.717) is 59.6 Å². The maximum atomic E-state index is 13.9. The summed E-state index contributed by atoms with van der Waals surface area (Å²) >= 11 is 0. The first-order valence-electron chi connectivity index (χ1n) is 20.0. The van der Waals surface area contributed by atoms with Crippen molar-refractivity contribution in [1.82, 2.24) is 39.4 Å². The van der Waals surface area contributed by atoms with Gasteiger partial charge in [-0.3, -0.25) is 29.3 Å². The number of imide groups is 1. The van der Waals surface area contributed by atoms with Gasteiger partial charge in [0.05, 0.1) is 24.8 Å². The van der Waals surface area contributed by atoms with Crippen LogP contribution in [-0.2, 0) is 29.2 Å². The largest absolute Gasteiger partial charge is 0.482 e. The number of pyridine rings is 1. The van der Waals surface area contributed by atoms with E-state index in [-0.39, 0.29) is 35.6 Å². The average Bonchev–Trinajstić information content (AvgIpc) is 3.92. The van der Waals surface area contributed by atoms with Crippen LogP contribution in [0.2, 0.25) is 0 Å². The lowest BCUT2D eigenvalue weighted by molar-refractivity contribution is -0.136. The minimum Gasteiger partial charge on any atom is -0.482 e. The van der Waals surface area contributed by atoms with E-state index in [4.69, 9.17) is 10.5 Å². The van der Waals surface area contributed by atoms with Gasteiger partial charge in [0.15, 0.2) is 17.3 Å². The number of halogens is 1. The number of carbonyl (C=O) groups is 3. The number of amides is 3. The fraction of sp³-hybridized carbons (Fsp3) is 0.372. The van der Waals surface area contributed by atoms with Crippen LogP contribution >= 0.6 is 0 Å². The van der Waals surface area contributed by atoms with Gasteiger partial charge in [0.2, 0.25) is 11.8 Å². The summed E-state index contributed by atoms with van der Waals surface area (Å²) in [6, 6.07) is 15.9. The molecule has 2 aromatic carbocycles. The summed E-state index contributed by atoms with van der Waals surface area (Å²) in [6.45, 7) is 7.34. The number of fused-ring (bicyclic) bond motifs is 1. The summed E-state index contributed by atoms with van der Waals surface area (Å²) in [7, 11) is 0. The molecule has 0 radical (unpaired) electrons. The summed E-state index contributed by atoms with van der Waals surface area (Å²) < 4.78 is 23.9. The molecule has 1 unspecified atom stereocenters. The monoisotopic (exact) mass is 797 g/mol. The lowest BCUT2D eigenvalue weighted by atomic mass is 9.94. The first kappa shape index (κ1) is 37.9. The number of nitrogens with two attached hydrogens (primary N) is 1. The SMILES string of the molecule is C[C@@H](Oc1cc(-c2c(C#N)ncn2Cc2cnn(CC3CCN(C4CN(c5ccc6c(c5)CN(C5CCC(=O)NC5=O)C6=O)C4)CC3)c2)cnc1N)c1cccc(F)c1. The van der Waals surface area contributed by atoms with Crippen molar-refractivity contribution in [2.75, 3.05) is 36.8 Å². The zero-order valence-corrected chi connectivity index (χ0v) is 32.6. The molecule has 4 aliphatic rings. The van der Waals surface area contributed by atoms with Gasteiger partial charge in [0.1, 0.15) is 24.0 Å². The van der Waals surface area contributed by atoms with Gasteiger partial charge in [-0.1, -0.05) is 12.1 Å². The smallest absolute Gasteiger partial charge is 0.255 e.